The molecule has 0 bridgehead atoms. The van der Waals surface area contributed by atoms with E-state index in [4.69, 9.17) is 12.2 Å². The van der Waals surface area contributed by atoms with Gasteiger partial charge in [-0.1, -0.05) is 5.92 Å². The number of anilines is 4. The fraction of sp³-hybridized carbons (Fsp3) is 0.0769. The van der Waals surface area contributed by atoms with Gasteiger partial charge >= 0.3 is 0 Å². The van der Waals surface area contributed by atoms with E-state index in [0.717, 1.165) is 17.0 Å². The van der Waals surface area contributed by atoms with Crippen molar-refractivity contribution in [2.24, 2.45) is 0 Å². The Hall–Kier alpha value is -2.68. The van der Waals surface area contributed by atoms with Gasteiger partial charge in [-0.3, -0.25) is 0 Å². The van der Waals surface area contributed by atoms with Crippen LogP contribution in [0, 0.1) is 12.3 Å². The van der Waals surface area contributed by atoms with E-state index in [-0.39, 0.29) is 0 Å². The molecule has 0 unspecified atom stereocenters. The van der Waals surface area contributed by atoms with Crippen LogP contribution in [0.1, 0.15) is 0 Å². The fourth-order valence-corrected chi connectivity index (χ4v) is 1.51. The lowest BCUT2D eigenvalue weighted by molar-refractivity contribution is 1.16. The Labute approximate surface area is 113 Å². The van der Waals surface area contributed by atoms with Gasteiger partial charge in [-0.15, -0.1) is 6.42 Å². The predicted molar refractivity (Wildman–Crippen MR) is 81.7 cm³/mol. The van der Waals surface area contributed by atoms with Crippen molar-refractivity contribution in [1.82, 2.24) is 9.97 Å². The quantitative estimate of drug-likeness (QED) is 0.408. The van der Waals surface area contributed by atoms with Crippen molar-refractivity contribution in [3.8, 4) is 12.3 Å². The molecule has 1 aromatic carbocycles. The highest BCUT2D eigenvalue weighted by molar-refractivity contribution is 6.35. The SMILES string of the molecule is Bc1cnc(Nc2ccc(N)cc2)nc1NCC#C. The van der Waals surface area contributed by atoms with Crippen molar-refractivity contribution in [2.75, 3.05) is 22.9 Å². The first-order valence-electron chi connectivity index (χ1n) is 5.82. The molecule has 0 amide bonds. The first-order chi connectivity index (χ1) is 9.19. The Bertz CT molecular complexity index is 603. The smallest absolute Gasteiger partial charge is 0.229 e. The molecule has 2 rings (SSSR count). The van der Waals surface area contributed by atoms with Gasteiger partial charge in [-0.05, 0) is 29.7 Å². The van der Waals surface area contributed by atoms with Crippen LogP contribution in [0.2, 0.25) is 0 Å². The van der Waals surface area contributed by atoms with Crippen molar-refractivity contribution in [3.05, 3.63) is 30.5 Å². The van der Waals surface area contributed by atoms with Crippen LogP contribution in [0.3, 0.4) is 0 Å². The maximum Gasteiger partial charge on any atom is 0.229 e. The number of nitrogen functional groups attached to an aromatic ring is 1. The van der Waals surface area contributed by atoms with Crippen LogP contribution in [-0.4, -0.2) is 24.4 Å². The van der Waals surface area contributed by atoms with Gasteiger partial charge in [0, 0.05) is 17.6 Å². The van der Waals surface area contributed by atoms with Crippen LogP contribution >= 0.6 is 0 Å². The van der Waals surface area contributed by atoms with Gasteiger partial charge in [0.2, 0.25) is 5.95 Å². The van der Waals surface area contributed by atoms with Crippen molar-refractivity contribution in [3.63, 3.8) is 0 Å². The molecular weight excluding hydrogens is 237 g/mol. The molecule has 2 aromatic rings. The van der Waals surface area contributed by atoms with E-state index in [0.29, 0.717) is 18.2 Å². The van der Waals surface area contributed by atoms with Crippen molar-refractivity contribution < 1.29 is 0 Å². The lowest BCUT2D eigenvalue weighted by Gasteiger charge is -2.09. The molecule has 1 heterocycles. The van der Waals surface area contributed by atoms with E-state index in [9.17, 15) is 0 Å². The second-order valence-corrected chi connectivity index (χ2v) is 4.03. The normalized spacial score (nSPS) is 9.63. The van der Waals surface area contributed by atoms with Crippen molar-refractivity contribution in [1.29, 1.82) is 0 Å². The van der Waals surface area contributed by atoms with E-state index in [1.807, 2.05) is 32.1 Å². The summed E-state index contributed by atoms with van der Waals surface area (Å²) in [6, 6.07) is 7.36. The fourth-order valence-electron chi connectivity index (χ4n) is 1.51. The minimum absolute atomic E-state index is 0.430. The highest BCUT2D eigenvalue weighted by Crippen LogP contribution is 2.14. The summed E-state index contributed by atoms with van der Waals surface area (Å²) in [6.45, 7) is 0.430. The van der Waals surface area contributed by atoms with Crippen LogP contribution in [-0.2, 0) is 0 Å². The third-order valence-corrected chi connectivity index (χ3v) is 2.50. The molecule has 0 fully saturated rings. The average molecular weight is 251 g/mol. The summed E-state index contributed by atoms with van der Waals surface area (Å²) >= 11 is 0. The Morgan fingerprint density at radius 3 is 2.74 bits per heavy atom. The summed E-state index contributed by atoms with van der Waals surface area (Å²) in [7, 11) is 1.92. The third kappa shape index (κ3) is 3.39. The number of hydrogen-bond acceptors (Lipinski definition) is 5. The third-order valence-electron chi connectivity index (χ3n) is 2.50. The van der Waals surface area contributed by atoms with E-state index in [1.54, 1.807) is 6.20 Å². The Morgan fingerprint density at radius 2 is 2.05 bits per heavy atom. The van der Waals surface area contributed by atoms with Crippen LogP contribution in [0.4, 0.5) is 23.1 Å². The summed E-state index contributed by atoms with van der Waals surface area (Å²) < 4.78 is 0. The molecule has 0 spiro atoms. The van der Waals surface area contributed by atoms with Gasteiger partial charge in [-0.25, -0.2) is 4.98 Å². The summed E-state index contributed by atoms with van der Waals surface area (Å²) in [5.41, 5.74) is 8.16. The molecule has 0 saturated heterocycles. The maximum atomic E-state index is 5.63. The van der Waals surface area contributed by atoms with Crippen molar-refractivity contribution in [2.45, 2.75) is 0 Å². The standard InChI is InChI=1S/C13H14BN5/c1-2-7-16-12-11(14)8-17-13(19-12)18-10-5-3-9(15)4-6-10/h1,3-6,8H,7,14-15H2,(H2,16,17,18,19). The lowest BCUT2D eigenvalue weighted by Crippen LogP contribution is -2.17. The molecule has 94 valence electrons. The first kappa shape index (κ1) is 12.8. The topological polar surface area (TPSA) is 75.9 Å². The molecule has 0 aliphatic rings. The molecular formula is C13H14BN5. The van der Waals surface area contributed by atoms with E-state index in [2.05, 4.69) is 26.5 Å². The van der Waals surface area contributed by atoms with Crippen LogP contribution in [0.15, 0.2) is 30.5 Å². The van der Waals surface area contributed by atoms with E-state index in [1.165, 1.54) is 0 Å². The first-order valence-corrected chi connectivity index (χ1v) is 5.82. The molecule has 5 nitrogen and oxygen atoms in total. The number of nitrogens with one attached hydrogen (secondary N) is 2. The molecule has 0 saturated carbocycles. The van der Waals surface area contributed by atoms with Crippen LogP contribution in [0.5, 0.6) is 0 Å². The second-order valence-electron chi connectivity index (χ2n) is 4.03. The van der Waals surface area contributed by atoms with Gasteiger partial charge in [0.05, 0.1) is 6.54 Å². The molecule has 6 heteroatoms. The molecule has 0 aliphatic heterocycles. The van der Waals surface area contributed by atoms with E-state index < -0.39 is 0 Å². The van der Waals surface area contributed by atoms with Crippen LogP contribution in [0.25, 0.3) is 0 Å². The maximum absolute atomic E-state index is 5.63. The number of nitrogens with zero attached hydrogens (tertiary/aromatic N) is 2. The second kappa shape index (κ2) is 5.78. The van der Waals surface area contributed by atoms with Gasteiger partial charge in [0.25, 0.3) is 0 Å². The average Bonchev–Trinajstić information content (AvgIpc) is 2.42. The molecule has 4 N–H and O–H groups in total. The zero-order valence-corrected chi connectivity index (χ0v) is 10.6. The molecule has 0 radical (unpaired) electrons. The largest absolute Gasteiger partial charge is 0.399 e. The molecule has 0 atom stereocenters. The van der Waals surface area contributed by atoms with Gasteiger partial charge in [-0.2, -0.15) is 4.98 Å². The minimum Gasteiger partial charge on any atom is -0.399 e. The number of benzene rings is 1. The summed E-state index contributed by atoms with van der Waals surface area (Å²) in [5, 5.41) is 6.16. The summed E-state index contributed by atoms with van der Waals surface area (Å²) in [6.07, 6.45) is 6.96. The number of rotatable bonds is 4. The number of hydrogen-bond donors (Lipinski definition) is 3. The van der Waals surface area contributed by atoms with Gasteiger partial charge in [0.1, 0.15) is 13.7 Å². The lowest BCUT2D eigenvalue weighted by atomic mass is 9.99. The summed E-state index contributed by atoms with van der Waals surface area (Å²) in [5.74, 6) is 3.75. The van der Waals surface area contributed by atoms with Gasteiger partial charge in [0.15, 0.2) is 0 Å². The monoisotopic (exact) mass is 251 g/mol. The Kier molecular flexibility index (Phi) is 3.89. The van der Waals surface area contributed by atoms with Gasteiger partial charge < -0.3 is 16.4 Å². The highest BCUT2D eigenvalue weighted by Gasteiger charge is 2.03. The molecule has 0 aliphatic carbocycles. The summed E-state index contributed by atoms with van der Waals surface area (Å²) in [4.78, 5) is 8.59. The molecule has 19 heavy (non-hydrogen) atoms. The number of nitrogens with two attached hydrogens (primary N) is 1. The zero-order chi connectivity index (χ0) is 13.7. The number of aromatic nitrogens is 2. The van der Waals surface area contributed by atoms with Crippen molar-refractivity contribution >= 4 is 36.5 Å². The van der Waals surface area contributed by atoms with E-state index >= 15 is 0 Å². The minimum atomic E-state index is 0.430. The highest BCUT2D eigenvalue weighted by atomic mass is 15.1. The Balaban J connectivity index is 2.16. The Morgan fingerprint density at radius 1 is 1.32 bits per heavy atom. The number of terminal acetylenes is 1. The predicted octanol–water partition coefficient (Wildman–Crippen LogP) is 0.106. The zero-order valence-electron chi connectivity index (χ0n) is 10.6. The molecule has 1 aromatic heterocycles. The van der Waals surface area contributed by atoms with Crippen LogP contribution < -0.4 is 21.8 Å².